The molecule has 2 nitrogen and oxygen atoms in total. The van der Waals surface area contributed by atoms with Crippen LogP contribution in [0, 0.1) is 0 Å². The second kappa shape index (κ2) is 5.75. The molecule has 1 aliphatic heterocycles. The van der Waals surface area contributed by atoms with Crippen LogP contribution in [-0.2, 0) is 6.42 Å². The molecule has 0 atom stereocenters. The molecule has 0 fully saturated rings. The Morgan fingerprint density at radius 2 is 1.59 bits per heavy atom. The van der Waals surface area contributed by atoms with E-state index in [9.17, 15) is 0 Å². The van der Waals surface area contributed by atoms with Crippen molar-refractivity contribution < 1.29 is 9.47 Å². The summed E-state index contributed by atoms with van der Waals surface area (Å²) in [7, 11) is 0. The van der Waals surface area contributed by atoms with Crippen molar-refractivity contribution in [3.05, 3.63) is 77.4 Å². The molecule has 0 spiro atoms. The quantitative estimate of drug-likeness (QED) is 0.513. The number of aryl methyl sites for hydroxylation is 1. The van der Waals surface area contributed by atoms with Crippen LogP contribution in [0.5, 0.6) is 11.5 Å². The summed E-state index contributed by atoms with van der Waals surface area (Å²) in [4.78, 5) is 0. The first kappa shape index (κ1) is 15.1. The molecule has 0 unspecified atom stereocenters. The molecule has 0 N–H and O–H groups in total. The molecule has 0 saturated heterocycles. The van der Waals surface area contributed by atoms with E-state index in [1.807, 2.05) is 6.07 Å². The minimum Gasteiger partial charge on any atom is -0.454 e. The third-order valence-corrected chi connectivity index (χ3v) is 6.08. The maximum absolute atomic E-state index is 5.56. The van der Waals surface area contributed by atoms with Crippen molar-refractivity contribution >= 4 is 16.3 Å². The molecule has 132 valence electrons. The average molecular weight is 352 g/mol. The van der Waals surface area contributed by atoms with E-state index in [0.29, 0.717) is 6.79 Å². The summed E-state index contributed by atoms with van der Waals surface area (Å²) < 4.78 is 11.0. The second-order valence-corrected chi connectivity index (χ2v) is 7.55. The van der Waals surface area contributed by atoms with E-state index in [1.54, 1.807) is 5.57 Å². The van der Waals surface area contributed by atoms with E-state index in [-0.39, 0.29) is 0 Å². The predicted molar refractivity (Wildman–Crippen MR) is 109 cm³/mol. The zero-order valence-electron chi connectivity index (χ0n) is 15.1. The van der Waals surface area contributed by atoms with Crippen LogP contribution in [0.15, 0.2) is 66.3 Å². The van der Waals surface area contributed by atoms with Crippen LogP contribution in [0.1, 0.15) is 30.4 Å². The fourth-order valence-electron chi connectivity index (χ4n) is 4.69. The van der Waals surface area contributed by atoms with Gasteiger partial charge < -0.3 is 9.47 Å². The first-order valence-electron chi connectivity index (χ1n) is 9.71. The number of ether oxygens (including phenoxy) is 2. The lowest BCUT2D eigenvalue weighted by Gasteiger charge is -2.25. The van der Waals surface area contributed by atoms with E-state index in [4.69, 9.17) is 9.47 Å². The van der Waals surface area contributed by atoms with Crippen LogP contribution in [0.4, 0.5) is 0 Å². The summed E-state index contributed by atoms with van der Waals surface area (Å²) in [6.45, 7) is 0.314. The van der Waals surface area contributed by atoms with Crippen LogP contribution >= 0.6 is 0 Å². The molecular weight excluding hydrogens is 332 g/mol. The van der Waals surface area contributed by atoms with Gasteiger partial charge in [-0.05, 0) is 82.5 Å². The Kier molecular flexibility index (Phi) is 3.21. The molecule has 0 amide bonds. The third kappa shape index (κ3) is 2.33. The molecule has 0 saturated carbocycles. The number of hydrogen-bond acceptors (Lipinski definition) is 2. The van der Waals surface area contributed by atoms with Gasteiger partial charge in [0.15, 0.2) is 11.5 Å². The number of rotatable bonds is 1. The Labute approximate surface area is 158 Å². The zero-order valence-corrected chi connectivity index (χ0v) is 15.1. The SMILES string of the molecule is C1=CC2=C(CC1)CCc1c2ccc2ccc(-c3ccc4c(c3)OCO4)cc12. The molecule has 2 aliphatic carbocycles. The number of allylic oxidation sites excluding steroid dienone is 4. The van der Waals surface area contributed by atoms with Crippen LogP contribution in [-0.4, -0.2) is 6.79 Å². The first-order chi connectivity index (χ1) is 13.4. The average Bonchev–Trinajstić information content (AvgIpc) is 3.20. The van der Waals surface area contributed by atoms with Gasteiger partial charge in [-0.1, -0.05) is 48.1 Å². The second-order valence-electron chi connectivity index (χ2n) is 7.55. The van der Waals surface area contributed by atoms with Crippen molar-refractivity contribution in [2.75, 3.05) is 6.79 Å². The highest BCUT2D eigenvalue weighted by atomic mass is 16.7. The van der Waals surface area contributed by atoms with Gasteiger partial charge in [0.25, 0.3) is 0 Å². The largest absolute Gasteiger partial charge is 0.454 e. The zero-order chi connectivity index (χ0) is 17.8. The Morgan fingerprint density at radius 1 is 0.741 bits per heavy atom. The minimum atomic E-state index is 0.314. The van der Waals surface area contributed by atoms with E-state index < -0.39 is 0 Å². The Hall–Kier alpha value is -3.00. The Bertz CT molecular complexity index is 1150. The monoisotopic (exact) mass is 352 g/mol. The Morgan fingerprint density at radius 3 is 2.59 bits per heavy atom. The van der Waals surface area contributed by atoms with E-state index >= 15 is 0 Å². The van der Waals surface area contributed by atoms with Gasteiger partial charge in [-0.2, -0.15) is 0 Å². The summed E-state index contributed by atoms with van der Waals surface area (Å²) in [5.74, 6) is 1.67. The van der Waals surface area contributed by atoms with E-state index in [0.717, 1.165) is 17.9 Å². The molecule has 6 rings (SSSR count). The van der Waals surface area contributed by atoms with Crippen molar-refractivity contribution in [2.45, 2.75) is 25.7 Å². The fraction of sp³-hybridized carbons (Fsp3) is 0.200. The van der Waals surface area contributed by atoms with Crippen LogP contribution in [0.2, 0.25) is 0 Å². The van der Waals surface area contributed by atoms with E-state index in [1.165, 1.54) is 57.9 Å². The van der Waals surface area contributed by atoms with Crippen LogP contribution in [0.25, 0.3) is 27.5 Å². The molecule has 2 heteroatoms. The lowest BCUT2D eigenvalue weighted by atomic mass is 9.79. The fourth-order valence-corrected chi connectivity index (χ4v) is 4.69. The van der Waals surface area contributed by atoms with Crippen molar-refractivity contribution in [3.63, 3.8) is 0 Å². The lowest BCUT2D eigenvalue weighted by Crippen LogP contribution is -2.07. The predicted octanol–water partition coefficient (Wildman–Crippen LogP) is 6.29. The standard InChI is InChI=1S/C25H20O2/c1-2-4-20-16(3-1)7-11-22-21(20)10-8-17-5-6-18(13-23(17)22)19-9-12-24-25(14-19)27-15-26-24/h2,4-6,8-10,12-14H,1,3,7,11,15H2. The lowest BCUT2D eigenvalue weighted by molar-refractivity contribution is 0.174. The highest BCUT2D eigenvalue weighted by Gasteiger charge is 2.21. The van der Waals surface area contributed by atoms with Gasteiger partial charge in [0.1, 0.15) is 0 Å². The van der Waals surface area contributed by atoms with Gasteiger partial charge in [-0.15, -0.1) is 0 Å². The topological polar surface area (TPSA) is 18.5 Å². The van der Waals surface area contributed by atoms with Crippen molar-refractivity contribution in [2.24, 2.45) is 0 Å². The Balaban J connectivity index is 1.52. The minimum absolute atomic E-state index is 0.314. The molecule has 0 aromatic heterocycles. The molecular formula is C25H20O2. The van der Waals surface area contributed by atoms with Gasteiger partial charge in [0.05, 0.1) is 0 Å². The summed E-state index contributed by atoms with van der Waals surface area (Å²) in [5.41, 5.74) is 8.44. The van der Waals surface area contributed by atoms with Crippen LogP contribution in [0.3, 0.4) is 0 Å². The van der Waals surface area contributed by atoms with Crippen molar-refractivity contribution in [1.29, 1.82) is 0 Å². The molecule has 0 bridgehead atoms. The maximum atomic E-state index is 5.56. The van der Waals surface area contributed by atoms with Gasteiger partial charge in [0, 0.05) is 0 Å². The maximum Gasteiger partial charge on any atom is 0.231 e. The molecule has 3 aliphatic rings. The van der Waals surface area contributed by atoms with E-state index in [2.05, 4.69) is 54.6 Å². The van der Waals surface area contributed by atoms with Gasteiger partial charge >= 0.3 is 0 Å². The highest BCUT2D eigenvalue weighted by molar-refractivity contribution is 5.96. The first-order valence-corrected chi connectivity index (χ1v) is 9.71. The summed E-state index contributed by atoms with van der Waals surface area (Å²) in [6, 6.07) is 17.6. The normalized spacial score (nSPS) is 17.2. The smallest absolute Gasteiger partial charge is 0.231 e. The molecule has 1 heterocycles. The number of benzene rings is 3. The van der Waals surface area contributed by atoms with Crippen molar-refractivity contribution in [3.8, 4) is 22.6 Å². The molecule has 0 radical (unpaired) electrons. The molecule has 27 heavy (non-hydrogen) atoms. The summed E-state index contributed by atoms with van der Waals surface area (Å²) in [5, 5.41) is 2.70. The van der Waals surface area contributed by atoms with Gasteiger partial charge in [0.2, 0.25) is 6.79 Å². The summed E-state index contributed by atoms with van der Waals surface area (Å²) in [6.07, 6.45) is 9.41. The number of hydrogen-bond donors (Lipinski definition) is 0. The van der Waals surface area contributed by atoms with Gasteiger partial charge in [-0.3, -0.25) is 0 Å². The van der Waals surface area contributed by atoms with Crippen molar-refractivity contribution in [1.82, 2.24) is 0 Å². The van der Waals surface area contributed by atoms with Gasteiger partial charge in [-0.25, -0.2) is 0 Å². The van der Waals surface area contributed by atoms with Crippen LogP contribution < -0.4 is 9.47 Å². The molecule has 3 aromatic rings. The highest BCUT2D eigenvalue weighted by Crippen LogP contribution is 2.41. The number of fused-ring (bicyclic) bond motifs is 5. The summed E-state index contributed by atoms with van der Waals surface area (Å²) >= 11 is 0. The molecule has 3 aromatic carbocycles. The third-order valence-electron chi connectivity index (χ3n) is 6.08.